The number of thiophene rings is 1. The summed E-state index contributed by atoms with van der Waals surface area (Å²) in [7, 11) is 0. The zero-order valence-corrected chi connectivity index (χ0v) is 11.9. The lowest BCUT2D eigenvalue weighted by molar-refractivity contribution is -0.139. The van der Waals surface area contributed by atoms with Gasteiger partial charge in [0.1, 0.15) is 5.82 Å². The minimum absolute atomic E-state index is 0.402. The third kappa shape index (κ3) is 3.79. The molecule has 0 spiro atoms. The summed E-state index contributed by atoms with van der Waals surface area (Å²) in [6.45, 7) is 1.65. The second kappa shape index (κ2) is 6.36. The SMILES string of the molecule is Cc1cc(F)ccc1NC(=O)NC(C(=O)O)c1cccs1. The fourth-order valence-corrected chi connectivity index (χ4v) is 2.53. The number of carbonyl (C=O) groups excluding carboxylic acids is 1. The quantitative estimate of drug-likeness (QED) is 0.812. The number of amides is 2. The van der Waals surface area contributed by atoms with Gasteiger partial charge in [0.15, 0.2) is 6.04 Å². The van der Waals surface area contributed by atoms with Gasteiger partial charge in [0.25, 0.3) is 0 Å². The van der Waals surface area contributed by atoms with Gasteiger partial charge in [-0.15, -0.1) is 11.3 Å². The summed E-state index contributed by atoms with van der Waals surface area (Å²) in [5.74, 6) is -1.55. The van der Waals surface area contributed by atoms with Gasteiger partial charge in [0, 0.05) is 10.6 Å². The van der Waals surface area contributed by atoms with E-state index in [1.807, 2.05) is 0 Å². The van der Waals surface area contributed by atoms with Gasteiger partial charge in [-0.2, -0.15) is 0 Å². The molecule has 2 amide bonds. The molecule has 0 radical (unpaired) electrons. The van der Waals surface area contributed by atoms with Gasteiger partial charge in [-0.3, -0.25) is 0 Å². The third-order valence-corrected chi connectivity index (χ3v) is 3.72. The average molecular weight is 308 g/mol. The Morgan fingerprint density at radius 2 is 2.10 bits per heavy atom. The highest BCUT2D eigenvalue weighted by atomic mass is 32.1. The Balaban J connectivity index is 2.08. The van der Waals surface area contributed by atoms with Gasteiger partial charge in [0.05, 0.1) is 0 Å². The number of urea groups is 1. The van der Waals surface area contributed by atoms with Crippen LogP contribution in [0.3, 0.4) is 0 Å². The minimum Gasteiger partial charge on any atom is -0.479 e. The predicted octanol–water partition coefficient (Wildman–Crippen LogP) is 3.14. The van der Waals surface area contributed by atoms with Crippen LogP contribution in [0, 0.1) is 12.7 Å². The van der Waals surface area contributed by atoms with E-state index in [0.717, 1.165) is 0 Å². The number of carboxylic acid groups (broad SMARTS) is 1. The number of anilines is 1. The Bertz CT molecular complexity index is 658. The van der Waals surface area contributed by atoms with Crippen molar-refractivity contribution in [2.45, 2.75) is 13.0 Å². The number of halogens is 1. The molecule has 0 saturated carbocycles. The maximum Gasteiger partial charge on any atom is 0.331 e. The van der Waals surface area contributed by atoms with Gasteiger partial charge >= 0.3 is 12.0 Å². The third-order valence-electron chi connectivity index (χ3n) is 2.79. The van der Waals surface area contributed by atoms with Crippen molar-refractivity contribution in [3.05, 3.63) is 52.0 Å². The average Bonchev–Trinajstić information content (AvgIpc) is 2.92. The zero-order chi connectivity index (χ0) is 15.4. The van der Waals surface area contributed by atoms with Crippen LogP contribution in [0.1, 0.15) is 16.5 Å². The van der Waals surface area contributed by atoms with Crippen molar-refractivity contribution in [2.75, 3.05) is 5.32 Å². The highest BCUT2D eigenvalue weighted by molar-refractivity contribution is 7.10. The Morgan fingerprint density at radius 1 is 1.33 bits per heavy atom. The monoisotopic (exact) mass is 308 g/mol. The van der Waals surface area contributed by atoms with Crippen LogP contribution in [0.4, 0.5) is 14.9 Å². The Morgan fingerprint density at radius 3 is 2.67 bits per heavy atom. The van der Waals surface area contributed by atoms with E-state index in [9.17, 15) is 14.0 Å². The summed E-state index contributed by atoms with van der Waals surface area (Å²) >= 11 is 1.24. The van der Waals surface area contributed by atoms with Gasteiger partial charge < -0.3 is 15.7 Å². The maximum absolute atomic E-state index is 13.0. The molecule has 1 heterocycles. The first kappa shape index (κ1) is 15.0. The lowest BCUT2D eigenvalue weighted by Crippen LogP contribution is -2.36. The molecule has 0 saturated heterocycles. The second-order valence-electron chi connectivity index (χ2n) is 4.34. The van der Waals surface area contributed by atoms with Crippen LogP contribution >= 0.6 is 11.3 Å². The molecule has 1 aromatic carbocycles. The van der Waals surface area contributed by atoms with Crippen LogP contribution in [-0.4, -0.2) is 17.1 Å². The van der Waals surface area contributed by atoms with Crippen molar-refractivity contribution >= 4 is 29.0 Å². The Kier molecular flexibility index (Phi) is 4.54. The molecule has 0 fully saturated rings. The van der Waals surface area contributed by atoms with Crippen LogP contribution in [0.5, 0.6) is 0 Å². The van der Waals surface area contributed by atoms with Crippen molar-refractivity contribution in [2.24, 2.45) is 0 Å². The minimum atomic E-state index is -1.15. The fraction of sp³-hybridized carbons (Fsp3) is 0.143. The normalized spacial score (nSPS) is 11.7. The van der Waals surface area contributed by atoms with E-state index in [4.69, 9.17) is 5.11 Å². The molecular weight excluding hydrogens is 295 g/mol. The molecule has 7 heteroatoms. The number of carbonyl (C=O) groups is 2. The Hall–Kier alpha value is -2.41. The number of rotatable bonds is 4. The van der Waals surface area contributed by atoms with Crippen LogP contribution in [0.25, 0.3) is 0 Å². The second-order valence-corrected chi connectivity index (χ2v) is 5.32. The predicted molar refractivity (Wildman–Crippen MR) is 78.0 cm³/mol. The first-order valence-corrected chi connectivity index (χ1v) is 6.95. The molecule has 1 aromatic heterocycles. The van der Waals surface area contributed by atoms with Gasteiger partial charge in [-0.1, -0.05) is 6.07 Å². The topological polar surface area (TPSA) is 78.4 Å². The smallest absolute Gasteiger partial charge is 0.331 e. The molecule has 0 aliphatic carbocycles. The number of benzene rings is 1. The van der Waals surface area contributed by atoms with Gasteiger partial charge in [-0.05, 0) is 42.1 Å². The molecule has 0 aliphatic rings. The van der Waals surface area contributed by atoms with Crippen LogP contribution < -0.4 is 10.6 Å². The summed E-state index contributed by atoms with van der Waals surface area (Å²) in [4.78, 5) is 23.6. The van der Waals surface area contributed by atoms with E-state index in [0.29, 0.717) is 16.1 Å². The molecule has 2 rings (SSSR count). The number of nitrogens with one attached hydrogen (secondary N) is 2. The lowest BCUT2D eigenvalue weighted by atomic mass is 10.2. The fourth-order valence-electron chi connectivity index (χ4n) is 1.77. The first-order chi connectivity index (χ1) is 9.97. The van der Waals surface area contributed by atoms with E-state index in [1.165, 1.54) is 29.5 Å². The standard InChI is InChI=1S/C14H13FN2O3S/c1-8-7-9(15)4-5-10(8)16-14(20)17-12(13(18)19)11-3-2-6-21-11/h2-7,12H,1H3,(H,18,19)(H2,16,17,20). The summed E-state index contributed by atoms with van der Waals surface area (Å²) in [5, 5.41) is 15.8. The molecular formula is C14H13FN2O3S. The van der Waals surface area contributed by atoms with Crippen LogP contribution in [0.15, 0.2) is 35.7 Å². The van der Waals surface area contributed by atoms with E-state index >= 15 is 0 Å². The highest BCUT2D eigenvalue weighted by Gasteiger charge is 2.23. The van der Waals surface area contributed by atoms with Gasteiger partial charge in [-0.25, -0.2) is 14.0 Å². The molecule has 3 N–H and O–H groups in total. The first-order valence-electron chi connectivity index (χ1n) is 6.07. The molecule has 0 aliphatic heterocycles. The van der Waals surface area contributed by atoms with Crippen LogP contribution in [-0.2, 0) is 4.79 Å². The van der Waals surface area contributed by atoms with Crippen LogP contribution in [0.2, 0.25) is 0 Å². The van der Waals surface area contributed by atoms with Crippen molar-refractivity contribution in [1.82, 2.24) is 5.32 Å². The number of carboxylic acids is 1. The molecule has 110 valence electrons. The summed E-state index contributed by atoms with van der Waals surface area (Å²) < 4.78 is 13.0. The van der Waals surface area contributed by atoms with Crippen molar-refractivity contribution < 1.29 is 19.1 Å². The molecule has 0 bridgehead atoms. The largest absolute Gasteiger partial charge is 0.479 e. The molecule has 21 heavy (non-hydrogen) atoms. The number of hydrogen-bond donors (Lipinski definition) is 3. The van der Waals surface area contributed by atoms with Crippen molar-refractivity contribution in [3.63, 3.8) is 0 Å². The summed E-state index contributed by atoms with van der Waals surface area (Å²) in [6, 6.07) is 5.48. The molecule has 1 unspecified atom stereocenters. The molecule has 2 aromatic rings. The van der Waals surface area contributed by atoms with Crippen molar-refractivity contribution in [3.8, 4) is 0 Å². The molecule has 1 atom stereocenters. The highest BCUT2D eigenvalue weighted by Crippen LogP contribution is 2.20. The number of aryl methyl sites for hydroxylation is 1. The lowest BCUT2D eigenvalue weighted by Gasteiger charge is -2.14. The van der Waals surface area contributed by atoms with Crippen molar-refractivity contribution in [1.29, 1.82) is 0 Å². The maximum atomic E-state index is 13.0. The Labute approximate surface area is 124 Å². The van der Waals surface area contributed by atoms with E-state index in [-0.39, 0.29) is 0 Å². The summed E-state index contributed by atoms with van der Waals surface area (Å²) in [5.41, 5.74) is 0.970. The summed E-state index contributed by atoms with van der Waals surface area (Å²) in [6.07, 6.45) is 0. The van der Waals surface area contributed by atoms with Gasteiger partial charge in [0.2, 0.25) is 0 Å². The zero-order valence-electron chi connectivity index (χ0n) is 11.1. The van der Waals surface area contributed by atoms with E-state index < -0.39 is 23.9 Å². The number of aliphatic carboxylic acids is 1. The van der Waals surface area contributed by atoms with E-state index in [2.05, 4.69) is 10.6 Å². The van der Waals surface area contributed by atoms with E-state index in [1.54, 1.807) is 24.4 Å². The number of hydrogen-bond acceptors (Lipinski definition) is 3. The molecule has 5 nitrogen and oxygen atoms in total.